The van der Waals surface area contributed by atoms with E-state index in [1.807, 2.05) is 19.4 Å². The Morgan fingerprint density at radius 1 is 1.67 bits per heavy atom. The van der Waals surface area contributed by atoms with Crippen molar-refractivity contribution >= 4 is 0 Å². The molecule has 1 aromatic rings. The summed E-state index contributed by atoms with van der Waals surface area (Å²) in [5, 5.41) is 2.20. The van der Waals surface area contributed by atoms with Crippen LogP contribution in [0, 0.1) is 0 Å². The van der Waals surface area contributed by atoms with Crippen molar-refractivity contribution in [3.8, 4) is 0 Å². The Balaban J connectivity index is 2.35. The number of hydrogen-bond donors (Lipinski definition) is 1. The first kappa shape index (κ1) is 7.71. The third kappa shape index (κ3) is 1.02. The first-order valence-electron chi connectivity index (χ1n) is 4.19. The molecule has 3 heteroatoms. The molecule has 1 unspecified atom stereocenters. The van der Waals surface area contributed by atoms with E-state index in [4.69, 9.17) is 0 Å². The Morgan fingerprint density at radius 2 is 2.50 bits per heavy atom. The Hall–Kier alpha value is -0.930. The van der Waals surface area contributed by atoms with Crippen LogP contribution in [0.15, 0.2) is 18.5 Å². The zero-order valence-electron chi connectivity index (χ0n) is 7.41. The van der Waals surface area contributed by atoms with Crippen LogP contribution in [-0.4, -0.2) is 17.0 Å². The summed E-state index contributed by atoms with van der Waals surface area (Å²) in [5.74, 6) is 0. The van der Waals surface area contributed by atoms with Gasteiger partial charge in [-0.25, -0.2) is 5.01 Å². The largest absolute Gasteiger partial charge is 0.264 e. The minimum Gasteiger partial charge on any atom is -0.264 e. The predicted molar refractivity (Wildman–Crippen MR) is 47.3 cm³/mol. The second-order valence-corrected chi connectivity index (χ2v) is 3.10. The van der Waals surface area contributed by atoms with E-state index in [1.54, 1.807) is 0 Å². The lowest BCUT2D eigenvalue weighted by molar-refractivity contribution is 0.165. The molecule has 1 aromatic heterocycles. The van der Waals surface area contributed by atoms with E-state index in [0.29, 0.717) is 6.04 Å². The van der Waals surface area contributed by atoms with Crippen LogP contribution in [0.2, 0.25) is 0 Å². The summed E-state index contributed by atoms with van der Waals surface area (Å²) < 4.78 is 0. The minimum atomic E-state index is 0.466. The van der Waals surface area contributed by atoms with Crippen LogP contribution in [0.5, 0.6) is 0 Å². The Morgan fingerprint density at radius 3 is 3.17 bits per heavy atom. The highest BCUT2D eigenvalue weighted by molar-refractivity contribution is 5.30. The van der Waals surface area contributed by atoms with Gasteiger partial charge in [0.2, 0.25) is 0 Å². The van der Waals surface area contributed by atoms with Crippen molar-refractivity contribution in [1.82, 2.24) is 15.4 Å². The van der Waals surface area contributed by atoms with E-state index in [1.165, 1.54) is 11.1 Å². The van der Waals surface area contributed by atoms with Gasteiger partial charge >= 0.3 is 0 Å². The van der Waals surface area contributed by atoms with Gasteiger partial charge in [0.15, 0.2) is 0 Å². The Labute approximate surface area is 72.4 Å². The van der Waals surface area contributed by atoms with Crippen LogP contribution >= 0.6 is 0 Å². The highest BCUT2D eigenvalue weighted by atomic mass is 15.5. The van der Waals surface area contributed by atoms with E-state index in [9.17, 15) is 0 Å². The molecule has 2 heterocycles. The topological polar surface area (TPSA) is 28.2 Å². The van der Waals surface area contributed by atoms with Gasteiger partial charge in [-0.2, -0.15) is 0 Å². The molecular formula is C9H13N3. The van der Waals surface area contributed by atoms with Gasteiger partial charge in [0.05, 0.1) is 0 Å². The number of hydrazine groups is 1. The molecule has 64 valence electrons. The maximum Gasteiger partial charge on any atom is 0.0472 e. The van der Waals surface area contributed by atoms with Crippen molar-refractivity contribution in [2.75, 3.05) is 7.05 Å². The third-order valence-corrected chi connectivity index (χ3v) is 2.49. The number of rotatable bonds is 1. The standard InChI is InChI=1S/C9H13N3/c1-7-9-3-4-11-5-8(9)6-12(7)10-2/h3-5,7,10H,6H2,1-2H3. The van der Waals surface area contributed by atoms with E-state index < -0.39 is 0 Å². The lowest BCUT2D eigenvalue weighted by Gasteiger charge is -2.19. The summed E-state index contributed by atoms with van der Waals surface area (Å²) >= 11 is 0. The van der Waals surface area contributed by atoms with Crippen LogP contribution in [0.3, 0.4) is 0 Å². The van der Waals surface area contributed by atoms with Crippen LogP contribution in [0.25, 0.3) is 0 Å². The molecule has 0 spiro atoms. The van der Waals surface area contributed by atoms with E-state index in [-0.39, 0.29) is 0 Å². The van der Waals surface area contributed by atoms with Crippen molar-refractivity contribution in [2.24, 2.45) is 0 Å². The predicted octanol–water partition coefficient (Wildman–Crippen LogP) is 1.09. The third-order valence-electron chi connectivity index (χ3n) is 2.49. The lowest BCUT2D eigenvalue weighted by Crippen LogP contribution is -2.31. The SMILES string of the molecule is CNN1Cc2cnccc2C1C. The highest BCUT2D eigenvalue weighted by Gasteiger charge is 2.24. The molecule has 3 nitrogen and oxygen atoms in total. The van der Waals surface area contributed by atoms with Crippen LogP contribution < -0.4 is 5.43 Å². The molecule has 0 radical (unpaired) electrons. The second-order valence-electron chi connectivity index (χ2n) is 3.10. The van der Waals surface area contributed by atoms with Crippen molar-refractivity contribution in [3.05, 3.63) is 29.6 Å². The molecule has 0 aliphatic carbocycles. The first-order valence-corrected chi connectivity index (χ1v) is 4.19. The quantitative estimate of drug-likeness (QED) is 0.671. The fourth-order valence-electron chi connectivity index (χ4n) is 1.74. The number of aromatic nitrogens is 1. The Kier molecular flexibility index (Phi) is 1.83. The van der Waals surface area contributed by atoms with Gasteiger partial charge in [-0.15, -0.1) is 0 Å². The van der Waals surface area contributed by atoms with Crippen LogP contribution in [0.4, 0.5) is 0 Å². The number of nitrogens with one attached hydrogen (secondary N) is 1. The van der Waals surface area contributed by atoms with Crippen molar-refractivity contribution < 1.29 is 0 Å². The summed E-state index contributed by atoms with van der Waals surface area (Å²) in [5.41, 5.74) is 5.89. The summed E-state index contributed by atoms with van der Waals surface area (Å²) in [6.07, 6.45) is 3.80. The van der Waals surface area contributed by atoms with Gasteiger partial charge in [-0.1, -0.05) is 0 Å². The number of hydrogen-bond acceptors (Lipinski definition) is 3. The van der Waals surface area contributed by atoms with Crippen molar-refractivity contribution in [3.63, 3.8) is 0 Å². The van der Waals surface area contributed by atoms with Crippen molar-refractivity contribution in [1.29, 1.82) is 0 Å². The van der Waals surface area contributed by atoms with Crippen molar-refractivity contribution in [2.45, 2.75) is 19.5 Å². The summed E-state index contributed by atoms with van der Waals surface area (Å²) in [7, 11) is 1.95. The molecule has 0 saturated carbocycles. The molecule has 0 bridgehead atoms. The maximum absolute atomic E-state index is 4.11. The van der Waals surface area contributed by atoms with E-state index in [0.717, 1.165) is 6.54 Å². The number of nitrogens with zero attached hydrogens (tertiary/aromatic N) is 2. The molecular weight excluding hydrogens is 150 g/mol. The molecule has 12 heavy (non-hydrogen) atoms. The smallest absolute Gasteiger partial charge is 0.0472 e. The van der Waals surface area contributed by atoms with E-state index in [2.05, 4.69) is 28.4 Å². The molecule has 1 aliphatic heterocycles. The minimum absolute atomic E-state index is 0.466. The van der Waals surface area contributed by atoms with Crippen LogP contribution in [-0.2, 0) is 6.54 Å². The molecule has 0 fully saturated rings. The zero-order valence-corrected chi connectivity index (χ0v) is 7.41. The monoisotopic (exact) mass is 163 g/mol. The van der Waals surface area contributed by atoms with Crippen LogP contribution in [0.1, 0.15) is 24.1 Å². The molecule has 0 aromatic carbocycles. The second kappa shape index (κ2) is 2.84. The molecule has 1 aliphatic rings. The van der Waals surface area contributed by atoms with Gasteiger partial charge in [0, 0.05) is 25.0 Å². The fraction of sp³-hybridized carbons (Fsp3) is 0.444. The Bertz CT molecular complexity index is 285. The maximum atomic E-state index is 4.11. The summed E-state index contributed by atoms with van der Waals surface area (Å²) in [6, 6.07) is 2.56. The number of pyridine rings is 1. The first-order chi connectivity index (χ1) is 5.83. The average Bonchev–Trinajstić information content (AvgIpc) is 2.44. The zero-order chi connectivity index (χ0) is 8.55. The summed E-state index contributed by atoms with van der Waals surface area (Å²) in [6.45, 7) is 3.16. The molecule has 0 saturated heterocycles. The van der Waals surface area contributed by atoms with Gasteiger partial charge in [-0.05, 0) is 31.2 Å². The fourth-order valence-corrected chi connectivity index (χ4v) is 1.74. The highest BCUT2D eigenvalue weighted by Crippen LogP contribution is 2.30. The number of fused-ring (bicyclic) bond motifs is 1. The van der Waals surface area contributed by atoms with Gasteiger partial charge < -0.3 is 0 Å². The van der Waals surface area contributed by atoms with Gasteiger partial charge in [0.1, 0.15) is 0 Å². The van der Waals surface area contributed by atoms with Gasteiger partial charge in [-0.3, -0.25) is 10.4 Å². The molecule has 2 rings (SSSR count). The molecule has 1 N–H and O–H groups in total. The lowest BCUT2D eigenvalue weighted by atomic mass is 10.1. The molecule has 0 amide bonds. The van der Waals surface area contributed by atoms with E-state index >= 15 is 0 Å². The summed E-state index contributed by atoms with van der Waals surface area (Å²) in [4.78, 5) is 4.11. The molecule has 1 atom stereocenters. The average molecular weight is 163 g/mol. The van der Waals surface area contributed by atoms with Gasteiger partial charge in [0.25, 0.3) is 0 Å². The normalized spacial score (nSPS) is 22.7.